The Kier molecular flexibility index (Phi) is 4.70. The van der Waals surface area contributed by atoms with Crippen LogP contribution in [0.15, 0.2) is 18.3 Å². The summed E-state index contributed by atoms with van der Waals surface area (Å²) in [7, 11) is 0. The summed E-state index contributed by atoms with van der Waals surface area (Å²) in [6.07, 6.45) is 6.71. The molecule has 1 unspecified atom stereocenters. The van der Waals surface area contributed by atoms with E-state index in [2.05, 4.69) is 10.3 Å². The van der Waals surface area contributed by atoms with Crippen LogP contribution in [0, 0.1) is 6.92 Å². The lowest BCUT2D eigenvalue weighted by molar-refractivity contribution is -0.117. The van der Waals surface area contributed by atoms with Gasteiger partial charge in [0.15, 0.2) is 0 Å². The first kappa shape index (κ1) is 13.0. The monoisotopic (exact) mass is 248 g/mol. The lowest BCUT2D eigenvalue weighted by atomic mass is 10.0. The van der Waals surface area contributed by atoms with Crippen molar-refractivity contribution >= 4 is 11.7 Å². The third kappa shape index (κ3) is 4.11. The molecule has 1 aliphatic heterocycles. The van der Waals surface area contributed by atoms with Gasteiger partial charge in [0.05, 0.1) is 6.10 Å². The van der Waals surface area contributed by atoms with Crippen LogP contribution in [-0.4, -0.2) is 23.6 Å². The van der Waals surface area contributed by atoms with Crippen LogP contribution in [0.3, 0.4) is 0 Å². The Morgan fingerprint density at radius 1 is 1.56 bits per heavy atom. The average molecular weight is 248 g/mol. The summed E-state index contributed by atoms with van der Waals surface area (Å²) in [4.78, 5) is 15.9. The quantitative estimate of drug-likeness (QED) is 0.891. The van der Waals surface area contributed by atoms with E-state index in [1.807, 2.05) is 19.1 Å². The maximum Gasteiger partial charge on any atom is 0.225 e. The van der Waals surface area contributed by atoms with Crippen LogP contribution in [0.25, 0.3) is 0 Å². The molecule has 0 aromatic carbocycles. The number of aromatic nitrogens is 1. The topological polar surface area (TPSA) is 51.2 Å². The second kappa shape index (κ2) is 6.50. The van der Waals surface area contributed by atoms with Gasteiger partial charge in [0.1, 0.15) is 5.82 Å². The van der Waals surface area contributed by atoms with Crippen molar-refractivity contribution in [3.8, 4) is 0 Å². The number of aryl methyl sites for hydroxylation is 1. The van der Waals surface area contributed by atoms with Crippen molar-refractivity contribution in [3.63, 3.8) is 0 Å². The van der Waals surface area contributed by atoms with Crippen molar-refractivity contribution < 1.29 is 9.53 Å². The second-order valence-electron chi connectivity index (χ2n) is 4.79. The number of rotatable bonds is 4. The van der Waals surface area contributed by atoms with Crippen molar-refractivity contribution in [1.29, 1.82) is 0 Å². The Bertz CT molecular complexity index is 401. The lowest BCUT2D eigenvalue weighted by Gasteiger charge is -2.22. The number of hydrogen-bond donors (Lipinski definition) is 1. The summed E-state index contributed by atoms with van der Waals surface area (Å²) in [6, 6.07) is 3.78. The van der Waals surface area contributed by atoms with Crippen molar-refractivity contribution in [3.05, 3.63) is 23.9 Å². The molecule has 1 saturated heterocycles. The molecular weight excluding hydrogens is 228 g/mol. The number of hydrogen-bond acceptors (Lipinski definition) is 3. The fourth-order valence-electron chi connectivity index (χ4n) is 2.14. The zero-order valence-corrected chi connectivity index (χ0v) is 10.8. The number of amides is 1. The highest BCUT2D eigenvalue weighted by Crippen LogP contribution is 2.17. The number of nitrogens with one attached hydrogen (secondary N) is 1. The molecule has 1 aliphatic rings. The van der Waals surface area contributed by atoms with E-state index in [0.29, 0.717) is 12.2 Å². The molecule has 0 spiro atoms. The van der Waals surface area contributed by atoms with E-state index in [4.69, 9.17) is 4.74 Å². The number of pyridine rings is 1. The minimum atomic E-state index is 0.0160. The molecule has 0 bridgehead atoms. The van der Waals surface area contributed by atoms with Crippen LogP contribution in [0.1, 0.15) is 37.7 Å². The summed E-state index contributed by atoms with van der Waals surface area (Å²) >= 11 is 0. The molecule has 1 aromatic rings. The van der Waals surface area contributed by atoms with E-state index in [0.717, 1.165) is 31.4 Å². The molecule has 2 rings (SSSR count). The Labute approximate surface area is 108 Å². The van der Waals surface area contributed by atoms with Gasteiger partial charge >= 0.3 is 0 Å². The highest BCUT2D eigenvalue weighted by atomic mass is 16.5. The molecule has 1 N–H and O–H groups in total. The molecule has 98 valence electrons. The van der Waals surface area contributed by atoms with Gasteiger partial charge in [0.25, 0.3) is 0 Å². The summed E-state index contributed by atoms with van der Waals surface area (Å²) in [5, 5.41) is 2.82. The molecule has 0 radical (unpaired) electrons. The summed E-state index contributed by atoms with van der Waals surface area (Å²) in [5.41, 5.74) is 1.09. The fourth-order valence-corrected chi connectivity index (χ4v) is 2.14. The molecule has 1 fully saturated rings. The van der Waals surface area contributed by atoms with E-state index >= 15 is 0 Å². The standard InChI is InChI=1S/C14H20N2O2/c1-11-7-8-15-13(10-11)16-14(17)6-5-12-4-2-3-9-18-12/h7-8,10,12H,2-6,9H2,1H3,(H,15,16,17). The van der Waals surface area contributed by atoms with E-state index in [9.17, 15) is 4.79 Å². The zero-order valence-electron chi connectivity index (χ0n) is 10.8. The largest absolute Gasteiger partial charge is 0.378 e. The van der Waals surface area contributed by atoms with Crippen molar-refractivity contribution in [1.82, 2.24) is 4.98 Å². The van der Waals surface area contributed by atoms with Gasteiger partial charge in [-0.1, -0.05) is 0 Å². The molecule has 1 atom stereocenters. The molecular formula is C14H20N2O2. The third-order valence-electron chi connectivity index (χ3n) is 3.15. The van der Waals surface area contributed by atoms with Crippen molar-refractivity contribution in [2.24, 2.45) is 0 Å². The van der Waals surface area contributed by atoms with Crippen LogP contribution in [0.4, 0.5) is 5.82 Å². The van der Waals surface area contributed by atoms with E-state index in [1.54, 1.807) is 6.20 Å². The number of ether oxygens (including phenoxy) is 1. The molecule has 1 aromatic heterocycles. The van der Waals surface area contributed by atoms with E-state index < -0.39 is 0 Å². The van der Waals surface area contributed by atoms with Gasteiger partial charge in [-0.25, -0.2) is 4.98 Å². The van der Waals surface area contributed by atoms with Crippen molar-refractivity contribution in [2.75, 3.05) is 11.9 Å². The Morgan fingerprint density at radius 3 is 3.17 bits per heavy atom. The molecule has 18 heavy (non-hydrogen) atoms. The summed E-state index contributed by atoms with van der Waals surface area (Å²) in [5.74, 6) is 0.645. The van der Waals surface area contributed by atoms with Gasteiger partial charge in [0, 0.05) is 19.2 Å². The fraction of sp³-hybridized carbons (Fsp3) is 0.571. The number of anilines is 1. The highest BCUT2D eigenvalue weighted by molar-refractivity contribution is 5.89. The number of carbonyl (C=O) groups is 1. The first-order valence-corrected chi connectivity index (χ1v) is 6.58. The Morgan fingerprint density at radius 2 is 2.44 bits per heavy atom. The minimum Gasteiger partial charge on any atom is -0.378 e. The third-order valence-corrected chi connectivity index (χ3v) is 3.15. The Balaban J connectivity index is 1.74. The van der Waals surface area contributed by atoms with Crippen LogP contribution >= 0.6 is 0 Å². The molecule has 2 heterocycles. The van der Waals surface area contributed by atoms with Gasteiger partial charge in [-0.05, 0) is 50.3 Å². The van der Waals surface area contributed by atoms with Crippen molar-refractivity contribution in [2.45, 2.75) is 45.1 Å². The zero-order chi connectivity index (χ0) is 12.8. The average Bonchev–Trinajstić information content (AvgIpc) is 2.38. The maximum absolute atomic E-state index is 11.8. The van der Waals surface area contributed by atoms with Gasteiger partial charge in [-0.2, -0.15) is 0 Å². The first-order chi connectivity index (χ1) is 8.74. The van der Waals surface area contributed by atoms with E-state index in [-0.39, 0.29) is 12.0 Å². The van der Waals surface area contributed by atoms with Gasteiger partial charge < -0.3 is 10.1 Å². The second-order valence-corrected chi connectivity index (χ2v) is 4.79. The first-order valence-electron chi connectivity index (χ1n) is 6.58. The van der Waals surface area contributed by atoms with Crippen LogP contribution in [0.2, 0.25) is 0 Å². The van der Waals surface area contributed by atoms with Crippen LogP contribution in [0.5, 0.6) is 0 Å². The maximum atomic E-state index is 11.8. The lowest BCUT2D eigenvalue weighted by Crippen LogP contribution is -2.22. The number of nitrogens with zero attached hydrogens (tertiary/aromatic N) is 1. The molecule has 0 saturated carbocycles. The molecule has 4 heteroatoms. The van der Waals surface area contributed by atoms with Gasteiger partial charge in [-0.15, -0.1) is 0 Å². The Hall–Kier alpha value is -1.42. The van der Waals surface area contributed by atoms with Gasteiger partial charge in [-0.3, -0.25) is 4.79 Å². The number of carbonyl (C=O) groups excluding carboxylic acids is 1. The molecule has 0 aliphatic carbocycles. The van der Waals surface area contributed by atoms with Crippen LogP contribution in [-0.2, 0) is 9.53 Å². The smallest absolute Gasteiger partial charge is 0.225 e. The normalized spacial score (nSPS) is 19.5. The summed E-state index contributed by atoms with van der Waals surface area (Å²) < 4.78 is 5.60. The minimum absolute atomic E-state index is 0.0160. The molecule has 4 nitrogen and oxygen atoms in total. The van der Waals surface area contributed by atoms with Gasteiger partial charge in [0.2, 0.25) is 5.91 Å². The van der Waals surface area contributed by atoms with Crippen LogP contribution < -0.4 is 5.32 Å². The predicted octanol–water partition coefficient (Wildman–Crippen LogP) is 2.68. The molecule has 1 amide bonds. The SMILES string of the molecule is Cc1ccnc(NC(=O)CCC2CCCCO2)c1. The summed E-state index contributed by atoms with van der Waals surface area (Å²) in [6.45, 7) is 2.82. The highest BCUT2D eigenvalue weighted by Gasteiger charge is 2.15. The predicted molar refractivity (Wildman–Crippen MR) is 70.4 cm³/mol. The van der Waals surface area contributed by atoms with E-state index in [1.165, 1.54) is 6.42 Å².